The molecule has 19 heavy (non-hydrogen) atoms. The highest BCUT2D eigenvalue weighted by Crippen LogP contribution is 2.04. The van der Waals surface area contributed by atoms with Crippen LogP contribution in [-0.4, -0.2) is 29.0 Å². The number of hydrogen-bond acceptors (Lipinski definition) is 4. The molecule has 0 saturated heterocycles. The summed E-state index contributed by atoms with van der Waals surface area (Å²) in [6, 6.07) is 7.97. The van der Waals surface area contributed by atoms with Gasteiger partial charge in [0.1, 0.15) is 19.2 Å². The van der Waals surface area contributed by atoms with Crippen molar-refractivity contribution >= 4 is 15.9 Å². The Kier molecular flexibility index (Phi) is 3.76. The summed E-state index contributed by atoms with van der Waals surface area (Å²) in [7, 11) is -3.64. The fourth-order valence-corrected chi connectivity index (χ4v) is 2.22. The second-order valence-electron chi connectivity index (χ2n) is 3.66. The predicted octanol–water partition coefficient (Wildman–Crippen LogP) is -2.39. The van der Waals surface area contributed by atoms with Gasteiger partial charge in [-0.05, 0) is 12.1 Å². The zero-order valence-electron chi connectivity index (χ0n) is 9.89. The fraction of sp³-hybridized carbons (Fsp3) is 0.100. The van der Waals surface area contributed by atoms with Crippen LogP contribution in [0.2, 0.25) is 0 Å². The summed E-state index contributed by atoms with van der Waals surface area (Å²) < 4.78 is 25.2. The minimum absolute atomic E-state index is 0.149. The number of amidine groups is 1. The number of hydrazine groups is 1. The van der Waals surface area contributed by atoms with E-state index in [1.165, 1.54) is 29.5 Å². The molecule has 2 aromatic rings. The van der Waals surface area contributed by atoms with E-state index < -0.39 is 10.0 Å². The molecule has 2 rings (SSSR count). The number of aromatic nitrogens is 3. The zero-order chi connectivity index (χ0) is 13.7. The molecule has 4 N–H and O–H groups in total. The molecule has 0 saturated carbocycles. The molecule has 0 fully saturated rings. The molecule has 0 aliphatic rings. The van der Waals surface area contributed by atoms with Gasteiger partial charge < -0.3 is 0 Å². The van der Waals surface area contributed by atoms with E-state index in [0.717, 1.165) is 0 Å². The summed E-state index contributed by atoms with van der Waals surface area (Å²) in [4.78, 5) is 6.08. The first-order valence-corrected chi connectivity index (χ1v) is 6.83. The number of nitrogens with zero attached hydrogens (tertiary/aromatic N) is 3. The van der Waals surface area contributed by atoms with Crippen LogP contribution in [0.25, 0.3) is 0 Å². The summed E-state index contributed by atoms with van der Waals surface area (Å²) in [5, 5.41) is 6.27. The first-order valence-electron chi connectivity index (χ1n) is 5.34. The van der Waals surface area contributed by atoms with Crippen LogP contribution in [0, 0.1) is 0 Å². The summed E-state index contributed by atoms with van der Waals surface area (Å²) in [5.41, 5.74) is 5.64. The number of benzene rings is 1. The largest absolute Gasteiger partial charge is 0.290 e. The summed E-state index contributed by atoms with van der Waals surface area (Å²) >= 11 is 0. The van der Waals surface area contributed by atoms with E-state index >= 15 is 0 Å². The Morgan fingerprint density at radius 3 is 2.74 bits per heavy atom. The molecule has 0 atom stereocenters. The quantitative estimate of drug-likeness (QED) is 0.321. The Bertz CT molecular complexity index is 651. The van der Waals surface area contributed by atoms with Crippen molar-refractivity contribution in [3.05, 3.63) is 43.0 Å². The molecule has 0 radical (unpaired) electrons. The van der Waals surface area contributed by atoms with Crippen LogP contribution in [0.4, 0.5) is 0 Å². The van der Waals surface area contributed by atoms with Crippen molar-refractivity contribution in [3.8, 4) is 0 Å². The van der Waals surface area contributed by atoms with Crippen molar-refractivity contribution in [1.29, 1.82) is 0 Å². The van der Waals surface area contributed by atoms with Gasteiger partial charge in [-0.1, -0.05) is 18.2 Å². The maximum Gasteiger partial charge on any atom is 0.290 e. The lowest BCUT2D eigenvalue weighted by molar-refractivity contribution is -0.501. The Morgan fingerprint density at radius 1 is 1.37 bits per heavy atom. The van der Waals surface area contributed by atoms with Crippen molar-refractivity contribution in [2.45, 2.75) is 11.4 Å². The topological polar surface area (TPSA) is 117 Å². The molecule has 0 spiro atoms. The van der Waals surface area contributed by atoms with Crippen LogP contribution >= 0.6 is 0 Å². The molecule has 0 amide bonds. The highest BCUT2D eigenvalue weighted by Gasteiger charge is 2.13. The molecule has 1 aromatic carbocycles. The monoisotopic (exact) mass is 281 g/mol. The first-order chi connectivity index (χ1) is 9.08. The van der Waals surface area contributed by atoms with E-state index in [2.05, 4.69) is 20.0 Å². The number of rotatable bonds is 5. The number of hydrogen-bond donors (Lipinski definition) is 3. The van der Waals surface area contributed by atoms with Crippen molar-refractivity contribution < 1.29 is 13.5 Å². The van der Waals surface area contributed by atoms with E-state index in [9.17, 15) is 8.42 Å². The lowest BCUT2D eigenvalue weighted by Gasteiger charge is -2.02. The van der Waals surface area contributed by atoms with E-state index in [1.54, 1.807) is 18.2 Å². The minimum atomic E-state index is -3.64. The first kappa shape index (κ1) is 13.0. The second-order valence-corrected chi connectivity index (χ2v) is 5.34. The molecule has 1 aromatic heterocycles. The minimum Gasteiger partial charge on any atom is -0.288 e. The Labute approximate surface area is 110 Å². The van der Waals surface area contributed by atoms with Gasteiger partial charge >= 0.3 is 0 Å². The van der Waals surface area contributed by atoms with Crippen LogP contribution in [0.3, 0.4) is 0 Å². The lowest BCUT2D eigenvalue weighted by Crippen LogP contribution is -2.86. The molecule has 0 unspecified atom stereocenters. The van der Waals surface area contributed by atoms with Crippen molar-refractivity contribution in [2.75, 3.05) is 0 Å². The van der Waals surface area contributed by atoms with Crippen LogP contribution in [0.1, 0.15) is 0 Å². The van der Waals surface area contributed by atoms with Gasteiger partial charge in [0.05, 0.1) is 4.90 Å². The molecule has 0 aliphatic carbocycles. The van der Waals surface area contributed by atoms with Crippen molar-refractivity contribution in [2.24, 2.45) is 5.73 Å². The molecule has 9 heteroatoms. The van der Waals surface area contributed by atoms with Gasteiger partial charge in [0.2, 0.25) is 0 Å². The number of sulfonamides is 1. The van der Waals surface area contributed by atoms with Crippen LogP contribution in [0.5, 0.6) is 0 Å². The molecule has 100 valence electrons. The molecule has 0 bridgehead atoms. The number of nitrogens with two attached hydrogens (primary N) is 1. The third-order valence-corrected chi connectivity index (χ3v) is 3.46. The standard InChI is InChI=1S/C10H12N6O2S/c11-10(6-16-8-12-7-13-16)14-15-19(17,18)9-4-2-1-3-5-9/h1-5,7-8,15H,6H2,(H2,11,14)/p+1. The van der Waals surface area contributed by atoms with Gasteiger partial charge in [0, 0.05) is 0 Å². The average Bonchev–Trinajstić information content (AvgIpc) is 2.90. The highest BCUT2D eigenvalue weighted by molar-refractivity contribution is 7.89. The SMILES string of the molecule is NC(Cn1cncn1)=[NH+]NS(=O)(=O)c1ccccc1. The van der Waals surface area contributed by atoms with Crippen molar-refractivity contribution in [3.63, 3.8) is 0 Å². The summed E-state index contributed by atoms with van der Waals surface area (Å²) in [5.74, 6) is 0.199. The van der Waals surface area contributed by atoms with Gasteiger partial charge in [-0.3, -0.25) is 5.73 Å². The number of hydrazone groups is 1. The normalized spacial score (nSPS) is 12.3. The number of nitrogens with one attached hydrogen (secondary N) is 2. The van der Waals surface area contributed by atoms with Gasteiger partial charge in [-0.2, -0.15) is 23.4 Å². The Morgan fingerprint density at radius 2 is 2.11 bits per heavy atom. The van der Waals surface area contributed by atoms with Crippen LogP contribution in [0.15, 0.2) is 47.9 Å². The Balaban J connectivity index is 2.05. The molecule has 0 aliphatic heterocycles. The van der Waals surface area contributed by atoms with Crippen LogP contribution in [-0.2, 0) is 16.6 Å². The molecular weight excluding hydrogens is 268 g/mol. The highest BCUT2D eigenvalue weighted by atomic mass is 32.2. The molecule has 1 heterocycles. The second kappa shape index (κ2) is 5.48. The molecule has 8 nitrogen and oxygen atoms in total. The van der Waals surface area contributed by atoms with Gasteiger partial charge in [0.15, 0.2) is 0 Å². The summed E-state index contributed by atoms with van der Waals surface area (Å²) in [6.45, 7) is 0.206. The van der Waals surface area contributed by atoms with Gasteiger partial charge in [-0.15, -0.1) is 0 Å². The van der Waals surface area contributed by atoms with Crippen molar-refractivity contribution in [1.82, 2.24) is 19.6 Å². The Hall–Kier alpha value is -2.42. The van der Waals surface area contributed by atoms with Gasteiger partial charge in [0.25, 0.3) is 15.9 Å². The average molecular weight is 281 g/mol. The third-order valence-electron chi connectivity index (χ3n) is 2.20. The van der Waals surface area contributed by atoms with E-state index in [-0.39, 0.29) is 17.3 Å². The summed E-state index contributed by atoms with van der Waals surface area (Å²) in [6.07, 6.45) is 2.83. The molecular formula is C10H13N6O2S+. The van der Waals surface area contributed by atoms with E-state index in [4.69, 9.17) is 5.73 Å². The van der Waals surface area contributed by atoms with E-state index in [1.807, 2.05) is 0 Å². The maximum absolute atomic E-state index is 11.9. The van der Waals surface area contributed by atoms with E-state index in [0.29, 0.717) is 0 Å². The predicted molar refractivity (Wildman–Crippen MR) is 66.9 cm³/mol. The zero-order valence-corrected chi connectivity index (χ0v) is 10.7. The smallest absolute Gasteiger partial charge is 0.288 e. The van der Waals surface area contributed by atoms with Gasteiger partial charge in [-0.25, -0.2) is 9.67 Å². The fourth-order valence-electron chi connectivity index (χ4n) is 1.32. The lowest BCUT2D eigenvalue weighted by atomic mass is 10.4. The van der Waals surface area contributed by atoms with Crippen LogP contribution < -0.4 is 15.7 Å². The third kappa shape index (κ3) is 3.52. The maximum atomic E-state index is 11.9.